The second-order valence-corrected chi connectivity index (χ2v) is 6.63. The number of hydrogen-bond donors (Lipinski definition) is 3. The van der Waals surface area contributed by atoms with E-state index in [2.05, 4.69) is 9.97 Å². The smallest absolute Gasteiger partial charge is 0.164 e. The number of aliphatic hydroxyl groups is 3. The minimum Gasteiger partial charge on any atom is -0.387 e. The minimum atomic E-state index is -1.57. The third kappa shape index (κ3) is 2.85. The van der Waals surface area contributed by atoms with Gasteiger partial charge in [-0.3, -0.25) is 0 Å². The van der Waals surface area contributed by atoms with Crippen molar-refractivity contribution >= 4 is 11.0 Å². The summed E-state index contributed by atoms with van der Waals surface area (Å²) < 4.78 is 47.7. The lowest BCUT2D eigenvalue weighted by atomic mass is 9.99. The fourth-order valence-corrected chi connectivity index (χ4v) is 3.44. The summed E-state index contributed by atoms with van der Waals surface area (Å²) in [5.74, 6) is -2.90. The standard InChI is InChI=1S/C18H16F3N3O4/c1-7-12-11(21)5-24(17(12)23-6-22-7)18-15(27)14(26)16(28-18)13(25)8-2-3-9(19)10(20)4-8/h2-6,13-16,18,25-27H,1H3/t13-,14-,15+,16+,18+/m0/s1. The number of aryl methyl sites for hydroxylation is 1. The highest BCUT2D eigenvalue weighted by Gasteiger charge is 2.47. The quantitative estimate of drug-likeness (QED) is 0.622. The lowest BCUT2D eigenvalue weighted by Crippen LogP contribution is -2.34. The maximum atomic E-state index is 14.3. The summed E-state index contributed by atoms with van der Waals surface area (Å²) in [4.78, 5) is 7.92. The molecule has 0 saturated carbocycles. The summed E-state index contributed by atoms with van der Waals surface area (Å²) in [5.41, 5.74) is 0.481. The Morgan fingerprint density at radius 2 is 1.82 bits per heavy atom. The van der Waals surface area contributed by atoms with Crippen LogP contribution in [-0.4, -0.2) is 48.2 Å². The molecule has 3 N–H and O–H groups in total. The second kappa shape index (κ2) is 6.82. The van der Waals surface area contributed by atoms with E-state index in [9.17, 15) is 28.5 Å². The van der Waals surface area contributed by atoms with E-state index in [1.165, 1.54) is 10.9 Å². The number of benzene rings is 1. The van der Waals surface area contributed by atoms with Gasteiger partial charge in [0.25, 0.3) is 0 Å². The predicted molar refractivity (Wildman–Crippen MR) is 89.5 cm³/mol. The molecule has 1 aliphatic rings. The molecule has 28 heavy (non-hydrogen) atoms. The van der Waals surface area contributed by atoms with Crippen molar-refractivity contribution in [1.82, 2.24) is 14.5 Å². The monoisotopic (exact) mass is 395 g/mol. The Balaban J connectivity index is 1.69. The van der Waals surface area contributed by atoms with Crippen LogP contribution in [0.4, 0.5) is 13.2 Å². The predicted octanol–water partition coefficient (Wildman–Crippen LogP) is 1.51. The lowest BCUT2D eigenvalue weighted by Gasteiger charge is -2.21. The first-order chi connectivity index (χ1) is 13.3. The van der Waals surface area contributed by atoms with Crippen molar-refractivity contribution < 1.29 is 33.2 Å². The molecular formula is C18H16F3N3O4. The number of aromatic nitrogens is 3. The van der Waals surface area contributed by atoms with Crippen molar-refractivity contribution in [1.29, 1.82) is 0 Å². The summed E-state index contributed by atoms with van der Waals surface area (Å²) in [6.45, 7) is 1.59. The highest BCUT2D eigenvalue weighted by molar-refractivity contribution is 5.79. The largest absolute Gasteiger partial charge is 0.387 e. The molecule has 0 bridgehead atoms. The number of nitrogens with zero attached hydrogens (tertiary/aromatic N) is 3. The maximum absolute atomic E-state index is 14.3. The zero-order chi connectivity index (χ0) is 20.2. The SMILES string of the molecule is Cc1ncnc2c1c(F)cn2[C@@H]1O[C@H]([C@@H](O)c2ccc(F)c(F)c2)[C@@H](O)[C@H]1O. The molecule has 148 valence electrons. The van der Waals surface area contributed by atoms with Crippen LogP contribution in [-0.2, 0) is 4.74 Å². The van der Waals surface area contributed by atoms with Gasteiger partial charge >= 0.3 is 0 Å². The highest BCUT2D eigenvalue weighted by atomic mass is 19.2. The van der Waals surface area contributed by atoms with E-state index in [1.54, 1.807) is 6.92 Å². The van der Waals surface area contributed by atoms with Crippen LogP contribution in [0.1, 0.15) is 23.6 Å². The van der Waals surface area contributed by atoms with E-state index in [0.717, 1.165) is 24.4 Å². The Morgan fingerprint density at radius 1 is 1.07 bits per heavy atom. The van der Waals surface area contributed by atoms with Gasteiger partial charge in [0.2, 0.25) is 0 Å². The Hall–Kier alpha value is -2.53. The number of rotatable bonds is 3. The van der Waals surface area contributed by atoms with Gasteiger partial charge in [-0.05, 0) is 24.6 Å². The molecule has 0 radical (unpaired) electrons. The molecular weight excluding hydrogens is 379 g/mol. The number of ether oxygens (including phenoxy) is 1. The lowest BCUT2D eigenvalue weighted by molar-refractivity contribution is -0.0850. The first-order valence-electron chi connectivity index (χ1n) is 8.42. The van der Waals surface area contributed by atoms with Crippen molar-refractivity contribution in [2.75, 3.05) is 0 Å². The molecule has 0 aliphatic carbocycles. The Morgan fingerprint density at radius 3 is 2.54 bits per heavy atom. The van der Waals surface area contributed by atoms with Gasteiger partial charge in [-0.25, -0.2) is 23.1 Å². The average molecular weight is 395 g/mol. The fraction of sp³-hybridized carbons (Fsp3) is 0.333. The molecule has 1 aromatic carbocycles. The van der Waals surface area contributed by atoms with Crippen molar-refractivity contribution in [3.8, 4) is 0 Å². The van der Waals surface area contributed by atoms with E-state index in [4.69, 9.17) is 4.74 Å². The molecule has 4 rings (SSSR count). The number of aliphatic hydroxyl groups excluding tert-OH is 3. The normalized spacial score (nSPS) is 26.1. The topological polar surface area (TPSA) is 101 Å². The van der Waals surface area contributed by atoms with Gasteiger partial charge in [0, 0.05) is 6.20 Å². The van der Waals surface area contributed by atoms with Crippen molar-refractivity contribution in [2.24, 2.45) is 0 Å². The molecule has 7 nitrogen and oxygen atoms in total. The van der Waals surface area contributed by atoms with Crippen LogP contribution >= 0.6 is 0 Å². The van der Waals surface area contributed by atoms with E-state index in [-0.39, 0.29) is 16.6 Å². The van der Waals surface area contributed by atoms with Crippen LogP contribution in [0.5, 0.6) is 0 Å². The van der Waals surface area contributed by atoms with E-state index >= 15 is 0 Å². The molecule has 3 heterocycles. The van der Waals surface area contributed by atoms with Crippen LogP contribution in [0, 0.1) is 24.4 Å². The zero-order valence-corrected chi connectivity index (χ0v) is 14.5. The van der Waals surface area contributed by atoms with Gasteiger partial charge in [-0.15, -0.1) is 0 Å². The Bertz CT molecular complexity index is 1040. The molecule has 10 heteroatoms. The molecule has 1 saturated heterocycles. The van der Waals surface area contributed by atoms with Gasteiger partial charge in [-0.2, -0.15) is 0 Å². The molecule has 2 aromatic heterocycles. The van der Waals surface area contributed by atoms with Crippen LogP contribution in [0.2, 0.25) is 0 Å². The maximum Gasteiger partial charge on any atom is 0.164 e. The molecule has 5 atom stereocenters. The molecule has 0 amide bonds. The fourth-order valence-electron chi connectivity index (χ4n) is 3.44. The Labute approximate surface area is 156 Å². The van der Waals surface area contributed by atoms with E-state index < -0.39 is 48.1 Å². The summed E-state index contributed by atoms with van der Waals surface area (Å²) in [6, 6.07) is 2.74. The van der Waals surface area contributed by atoms with Crippen LogP contribution in [0.3, 0.4) is 0 Å². The molecule has 1 fully saturated rings. The number of fused-ring (bicyclic) bond motifs is 1. The molecule has 1 aliphatic heterocycles. The van der Waals surface area contributed by atoms with Gasteiger partial charge in [0.05, 0.1) is 11.1 Å². The van der Waals surface area contributed by atoms with Gasteiger partial charge in [-0.1, -0.05) is 6.07 Å². The Kier molecular flexibility index (Phi) is 4.58. The third-order valence-electron chi connectivity index (χ3n) is 4.90. The van der Waals surface area contributed by atoms with Crippen LogP contribution in [0.15, 0.2) is 30.7 Å². The molecule has 0 unspecified atom stereocenters. The third-order valence-corrected chi connectivity index (χ3v) is 4.90. The van der Waals surface area contributed by atoms with Crippen molar-refractivity contribution in [2.45, 2.75) is 37.6 Å². The number of hydrogen-bond acceptors (Lipinski definition) is 6. The van der Waals surface area contributed by atoms with E-state index in [0.29, 0.717) is 5.69 Å². The highest BCUT2D eigenvalue weighted by Crippen LogP contribution is 2.38. The molecule has 0 spiro atoms. The summed E-state index contributed by atoms with van der Waals surface area (Å²) >= 11 is 0. The van der Waals surface area contributed by atoms with Gasteiger partial charge < -0.3 is 24.6 Å². The molecule has 3 aromatic rings. The van der Waals surface area contributed by atoms with Crippen LogP contribution in [0.25, 0.3) is 11.0 Å². The van der Waals surface area contributed by atoms with Gasteiger partial charge in [0.15, 0.2) is 23.7 Å². The zero-order valence-electron chi connectivity index (χ0n) is 14.5. The van der Waals surface area contributed by atoms with Crippen molar-refractivity contribution in [3.05, 3.63) is 59.4 Å². The summed E-state index contributed by atoms with van der Waals surface area (Å²) in [6.07, 6.45) is -5.02. The summed E-state index contributed by atoms with van der Waals surface area (Å²) in [7, 11) is 0. The van der Waals surface area contributed by atoms with Gasteiger partial charge in [0.1, 0.15) is 36.4 Å². The second-order valence-electron chi connectivity index (χ2n) is 6.63. The van der Waals surface area contributed by atoms with Crippen LogP contribution < -0.4 is 0 Å². The van der Waals surface area contributed by atoms with E-state index in [1.807, 2.05) is 0 Å². The summed E-state index contributed by atoms with van der Waals surface area (Å²) in [5, 5.41) is 31.3. The number of halogens is 3. The minimum absolute atomic E-state index is 0.0440. The average Bonchev–Trinajstić information content (AvgIpc) is 3.15. The van der Waals surface area contributed by atoms with Crippen molar-refractivity contribution in [3.63, 3.8) is 0 Å². The first-order valence-corrected chi connectivity index (χ1v) is 8.42. The first kappa shape index (κ1) is 18.8.